The number of anilines is 1. The highest BCUT2D eigenvalue weighted by Gasteiger charge is 2.09. The van der Waals surface area contributed by atoms with Crippen molar-refractivity contribution in [2.24, 2.45) is 0 Å². The second kappa shape index (κ2) is 6.58. The van der Waals surface area contributed by atoms with Crippen LogP contribution in [0.1, 0.15) is 0 Å². The van der Waals surface area contributed by atoms with Crippen LogP contribution in [0.4, 0.5) is 5.82 Å². The van der Waals surface area contributed by atoms with E-state index in [0.717, 1.165) is 0 Å². The summed E-state index contributed by atoms with van der Waals surface area (Å²) in [4.78, 5) is 15.3. The lowest BCUT2D eigenvalue weighted by Gasteiger charge is -2.15. The van der Waals surface area contributed by atoms with Crippen LogP contribution in [-0.4, -0.2) is 40.8 Å². The fourth-order valence-electron chi connectivity index (χ4n) is 1.23. The Bertz CT molecular complexity index is 383. The van der Waals surface area contributed by atoms with Crippen molar-refractivity contribution < 1.29 is 9.84 Å². The molecule has 1 unspecified atom stereocenters. The van der Waals surface area contributed by atoms with Gasteiger partial charge in [0, 0.05) is 13.2 Å². The van der Waals surface area contributed by atoms with Crippen molar-refractivity contribution in [3.8, 4) is 0 Å². The van der Waals surface area contributed by atoms with Gasteiger partial charge in [-0.25, -0.2) is 4.79 Å². The van der Waals surface area contributed by atoms with Crippen molar-refractivity contribution >= 4 is 15.1 Å². The summed E-state index contributed by atoms with van der Waals surface area (Å²) >= 11 is 0. The van der Waals surface area contributed by atoms with Crippen LogP contribution >= 0.6 is 9.24 Å². The largest absolute Gasteiger partial charge is 0.394 e. The molecule has 1 rings (SSSR count). The van der Waals surface area contributed by atoms with Crippen LogP contribution in [-0.2, 0) is 11.3 Å². The molecular weight excluding hydrogens is 229 g/mol. The van der Waals surface area contributed by atoms with Gasteiger partial charge in [-0.3, -0.25) is 4.57 Å². The summed E-state index contributed by atoms with van der Waals surface area (Å²) < 4.78 is 6.62. The molecule has 2 atom stereocenters. The van der Waals surface area contributed by atoms with E-state index in [9.17, 15) is 4.79 Å². The van der Waals surface area contributed by atoms with Crippen molar-refractivity contribution in [3.05, 3.63) is 22.7 Å². The molecule has 7 heteroatoms. The zero-order valence-electron chi connectivity index (χ0n) is 9.09. The maximum atomic E-state index is 11.5. The molecule has 16 heavy (non-hydrogen) atoms. The molecule has 90 valence electrons. The van der Waals surface area contributed by atoms with Gasteiger partial charge in [-0.2, -0.15) is 4.98 Å². The number of nitrogens with zero attached hydrogens (tertiary/aromatic N) is 2. The lowest BCUT2D eigenvalue weighted by molar-refractivity contribution is 0.0275. The second-order valence-electron chi connectivity index (χ2n) is 3.14. The minimum absolute atomic E-state index is 0.130. The molecule has 0 spiro atoms. The van der Waals surface area contributed by atoms with Gasteiger partial charge in [0.1, 0.15) is 5.82 Å². The van der Waals surface area contributed by atoms with Crippen LogP contribution in [0.15, 0.2) is 17.1 Å². The summed E-state index contributed by atoms with van der Waals surface area (Å²) in [6.07, 6.45) is 1.65. The van der Waals surface area contributed by atoms with Gasteiger partial charge >= 0.3 is 5.69 Å². The SMILES string of the molecule is CNc1ccn(C[C@@H](CO)OCP)c(=O)n1. The number of ether oxygens (including phenoxy) is 1. The number of hydrogen-bond acceptors (Lipinski definition) is 5. The molecule has 0 saturated carbocycles. The molecule has 6 nitrogen and oxygen atoms in total. The van der Waals surface area contributed by atoms with E-state index in [1.165, 1.54) is 4.57 Å². The number of aromatic nitrogens is 2. The average molecular weight is 245 g/mol. The van der Waals surface area contributed by atoms with Crippen LogP contribution in [0.2, 0.25) is 0 Å². The molecule has 2 N–H and O–H groups in total. The molecule has 1 heterocycles. The van der Waals surface area contributed by atoms with Gasteiger partial charge in [0.15, 0.2) is 0 Å². The smallest absolute Gasteiger partial charge is 0.349 e. The Balaban J connectivity index is 2.76. The molecule has 1 aromatic rings. The maximum Gasteiger partial charge on any atom is 0.349 e. The number of aliphatic hydroxyl groups is 1. The summed E-state index contributed by atoms with van der Waals surface area (Å²) in [6.45, 7) is 0.162. The van der Waals surface area contributed by atoms with Gasteiger partial charge < -0.3 is 15.2 Å². The molecule has 0 fully saturated rings. The molecule has 1 aromatic heterocycles. The first-order valence-corrected chi connectivity index (χ1v) is 5.70. The lowest BCUT2D eigenvalue weighted by Crippen LogP contribution is -2.31. The van der Waals surface area contributed by atoms with E-state index in [0.29, 0.717) is 18.7 Å². The standard InChI is InChI=1S/C9H16N3O3P/c1-10-8-2-3-12(9(14)11-8)4-7(5-13)15-6-16/h2-3,7,13H,4-6,16H2,1H3,(H,10,11,14)/t7-/m0/s1. The lowest BCUT2D eigenvalue weighted by atomic mass is 10.3. The second-order valence-corrected chi connectivity index (χ2v) is 3.47. The van der Waals surface area contributed by atoms with Crippen molar-refractivity contribution in [1.29, 1.82) is 0 Å². The van der Waals surface area contributed by atoms with Crippen LogP contribution in [0.25, 0.3) is 0 Å². The van der Waals surface area contributed by atoms with Gasteiger partial charge in [0.2, 0.25) is 0 Å². The van der Waals surface area contributed by atoms with Crippen LogP contribution in [0.5, 0.6) is 0 Å². The molecule has 0 aliphatic carbocycles. The highest BCUT2D eigenvalue weighted by molar-refractivity contribution is 7.16. The predicted octanol–water partition coefficient (Wildman–Crippen LogP) is -0.505. The van der Waals surface area contributed by atoms with Gasteiger partial charge in [0.25, 0.3) is 0 Å². The third-order valence-electron chi connectivity index (χ3n) is 2.07. The first-order chi connectivity index (χ1) is 7.71. The summed E-state index contributed by atoms with van der Waals surface area (Å²) in [5.74, 6) is 0.522. The molecule has 0 aliphatic heterocycles. The number of rotatable bonds is 6. The van der Waals surface area contributed by atoms with Crippen LogP contribution in [0, 0.1) is 0 Å². The Hall–Kier alpha value is -0.970. The first-order valence-electron chi connectivity index (χ1n) is 4.89. The quantitative estimate of drug-likeness (QED) is 0.660. The highest BCUT2D eigenvalue weighted by atomic mass is 31.0. The van der Waals surface area contributed by atoms with Crippen molar-refractivity contribution in [3.63, 3.8) is 0 Å². The third kappa shape index (κ3) is 3.56. The fourth-order valence-corrected chi connectivity index (χ4v) is 1.50. The van der Waals surface area contributed by atoms with E-state index in [2.05, 4.69) is 19.5 Å². The third-order valence-corrected chi connectivity index (χ3v) is 2.26. The van der Waals surface area contributed by atoms with Crippen LogP contribution < -0.4 is 11.0 Å². The summed E-state index contributed by atoms with van der Waals surface area (Å²) in [7, 11) is 4.09. The zero-order chi connectivity index (χ0) is 12.0. The Labute approximate surface area is 95.9 Å². The minimum atomic E-state index is -0.391. The van der Waals surface area contributed by atoms with Crippen molar-refractivity contribution in [1.82, 2.24) is 9.55 Å². The molecule has 0 saturated heterocycles. The predicted molar refractivity (Wildman–Crippen MR) is 64.6 cm³/mol. The normalized spacial score (nSPS) is 12.4. The molecule has 0 bridgehead atoms. The number of aliphatic hydroxyl groups excluding tert-OH is 1. The topological polar surface area (TPSA) is 76.4 Å². The van der Waals surface area contributed by atoms with E-state index >= 15 is 0 Å². The Morgan fingerprint density at radius 1 is 1.75 bits per heavy atom. The number of hydrogen-bond donors (Lipinski definition) is 2. The van der Waals surface area contributed by atoms with Gasteiger partial charge in [-0.1, -0.05) is 0 Å². The van der Waals surface area contributed by atoms with Gasteiger partial charge in [-0.15, -0.1) is 9.24 Å². The summed E-state index contributed by atoms with van der Waals surface area (Å²) in [6, 6.07) is 1.69. The van der Waals surface area contributed by atoms with E-state index < -0.39 is 6.10 Å². The van der Waals surface area contributed by atoms with E-state index in [1.54, 1.807) is 19.3 Å². The Morgan fingerprint density at radius 2 is 2.50 bits per heavy atom. The van der Waals surface area contributed by atoms with Gasteiger partial charge in [0.05, 0.1) is 25.6 Å². The van der Waals surface area contributed by atoms with Gasteiger partial charge in [-0.05, 0) is 6.07 Å². The van der Waals surface area contributed by atoms with Crippen molar-refractivity contribution in [2.75, 3.05) is 25.3 Å². The van der Waals surface area contributed by atoms with E-state index in [4.69, 9.17) is 9.84 Å². The van der Waals surface area contributed by atoms with E-state index in [-0.39, 0.29) is 12.3 Å². The van der Waals surface area contributed by atoms with Crippen LogP contribution in [0.3, 0.4) is 0 Å². The minimum Gasteiger partial charge on any atom is -0.394 e. The Morgan fingerprint density at radius 3 is 3.00 bits per heavy atom. The molecule has 0 aromatic carbocycles. The molecule has 0 radical (unpaired) electrons. The molecular formula is C9H16N3O3P. The maximum absolute atomic E-state index is 11.5. The van der Waals surface area contributed by atoms with E-state index in [1.807, 2.05) is 0 Å². The molecule has 0 aliphatic rings. The summed E-state index contributed by atoms with van der Waals surface area (Å²) in [5.41, 5.74) is -0.363. The summed E-state index contributed by atoms with van der Waals surface area (Å²) in [5, 5.41) is 11.8. The number of nitrogens with one attached hydrogen (secondary N) is 1. The first kappa shape index (κ1) is 13.1. The van der Waals surface area contributed by atoms with Crippen molar-refractivity contribution in [2.45, 2.75) is 12.6 Å². The zero-order valence-corrected chi connectivity index (χ0v) is 10.2. The molecule has 0 amide bonds. The Kier molecular flexibility index (Phi) is 5.38. The fraction of sp³-hybridized carbons (Fsp3) is 0.556. The average Bonchev–Trinajstić information content (AvgIpc) is 2.30. The monoisotopic (exact) mass is 245 g/mol. The highest BCUT2D eigenvalue weighted by Crippen LogP contribution is 2.00.